The largest absolute Gasteiger partial charge is 0.507 e. The van der Waals surface area contributed by atoms with Gasteiger partial charge in [0.15, 0.2) is 0 Å². The van der Waals surface area contributed by atoms with Gasteiger partial charge in [0.05, 0.1) is 31.4 Å². The molecule has 0 aliphatic carbocycles. The third kappa shape index (κ3) is 4.39. The molecule has 1 fully saturated rings. The molecule has 0 radical (unpaired) electrons. The minimum atomic E-state index is -0.702. The molecule has 1 unspecified atom stereocenters. The average molecular weight is 409 g/mol. The van der Waals surface area contributed by atoms with Gasteiger partial charge in [0, 0.05) is 12.1 Å². The Labute approximate surface area is 176 Å². The molecule has 2 aromatic rings. The number of Topliss-reactive ketones (excluding diaryl/α,β-unsaturated/α-hetero) is 1. The van der Waals surface area contributed by atoms with Gasteiger partial charge in [0.25, 0.3) is 11.7 Å². The van der Waals surface area contributed by atoms with E-state index in [1.807, 2.05) is 45.0 Å². The Kier molecular flexibility index (Phi) is 6.57. The maximum atomic E-state index is 13.0. The molecule has 1 amide bonds. The van der Waals surface area contributed by atoms with Crippen LogP contribution in [0.25, 0.3) is 5.76 Å². The first-order valence-electron chi connectivity index (χ1n) is 9.94. The third-order valence-corrected chi connectivity index (χ3v) is 5.02. The van der Waals surface area contributed by atoms with Gasteiger partial charge in [0.2, 0.25) is 0 Å². The average Bonchev–Trinajstić information content (AvgIpc) is 2.98. The smallest absolute Gasteiger partial charge is 0.295 e. The fraction of sp³-hybridized carbons (Fsp3) is 0.333. The summed E-state index contributed by atoms with van der Waals surface area (Å²) in [5.74, 6) is -1.01. The van der Waals surface area contributed by atoms with E-state index in [0.717, 1.165) is 11.1 Å². The van der Waals surface area contributed by atoms with E-state index in [1.54, 1.807) is 24.3 Å². The summed E-state index contributed by atoms with van der Waals surface area (Å²) in [7, 11) is 1.53. The molecule has 0 bridgehead atoms. The third-order valence-electron chi connectivity index (χ3n) is 5.02. The highest BCUT2D eigenvalue weighted by Crippen LogP contribution is 2.39. The zero-order chi connectivity index (χ0) is 21.8. The molecule has 30 heavy (non-hydrogen) atoms. The SMILES string of the molecule is COc1cccc(/C(O)=C2/C(=O)C(=O)N(CCOC(C)C)C2c2cccc(C)c2)c1. The zero-order valence-corrected chi connectivity index (χ0v) is 17.7. The van der Waals surface area contributed by atoms with Crippen LogP contribution in [-0.2, 0) is 14.3 Å². The van der Waals surface area contributed by atoms with Gasteiger partial charge >= 0.3 is 0 Å². The number of benzene rings is 2. The summed E-state index contributed by atoms with van der Waals surface area (Å²) in [5, 5.41) is 11.1. The zero-order valence-electron chi connectivity index (χ0n) is 17.7. The fourth-order valence-corrected chi connectivity index (χ4v) is 3.61. The molecule has 0 saturated carbocycles. The summed E-state index contributed by atoms with van der Waals surface area (Å²) in [5.41, 5.74) is 2.26. The van der Waals surface area contributed by atoms with Crippen molar-refractivity contribution in [3.63, 3.8) is 0 Å². The summed E-state index contributed by atoms with van der Waals surface area (Å²) in [6.07, 6.45) is 0.0102. The molecular formula is C24H27NO5. The molecule has 3 rings (SSSR count). The van der Waals surface area contributed by atoms with Crippen molar-refractivity contribution >= 4 is 17.4 Å². The number of rotatable bonds is 7. The molecule has 0 spiro atoms. The van der Waals surface area contributed by atoms with E-state index in [9.17, 15) is 14.7 Å². The van der Waals surface area contributed by atoms with E-state index >= 15 is 0 Å². The Bertz CT molecular complexity index is 979. The number of likely N-dealkylation sites (tertiary alicyclic amines) is 1. The van der Waals surface area contributed by atoms with Crippen molar-refractivity contribution in [1.29, 1.82) is 0 Å². The van der Waals surface area contributed by atoms with Gasteiger partial charge in [-0.1, -0.05) is 42.0 Å². The minimum Gasteiger partial charge on any atom is -0.507 e. The van der Waals surface area contributed by atoms with Gasteiger partial charge in [0.1, 0.15) is 11.5 Å². The van der Waals surface area contributed by atoms with E-state index in [0.29, 0.717) is 17.9 Å². The predicted octanol–water partition coefficient (Wildman–Crippen LogP) is 3.85. The fourth-order valence-electron chi connectivity index (χ4n) is 3.61. The first-order valence-corrected chi connectivity index (χ1v) is 9.94. The van der Waals surface area contributed by atoms with Crippen molar-refractivity contribution in [3.8, 4) is 5.75 Å². The molecule has 1 atom stereocenters. The van der Waals surface area contributed by atoms with Crippen LogP contribution in [0.15, 0.2) is 54.1 Å². The van der Waals surface area contributed by atoms with Gasteiger partial charge in [-0.25, -0.2) is 0 Å². The summed E-state index contributed by atoms with van der Waals surface area (Å²) in [6.45, 7) is 6.31. The van der Waals surface area contributed by atoms with E-state index in [1.165, 1.54) is 12.0 Å². The molecular weight excluding hydrogens is 382 g/mol. The Morgan fingerprint density at radius 1 is 1.13 bits per heavy atom. The maximum absolute atomic E-state index is 13.0. The Morgan fingerprint density at radius 3 is 2.53 bits per heavy atom. The van der Waals surface area contributed by atoms with Crippen LogP contribution >= 0.6 is 0 Å². The van der Waals surface area contributed by atoms with E-state index < -0.39 is 17.7 Å². The Hall–Kier alpha value is -3.12. The van der Waals surface area contributed by atoms with Crippen LogP contribution in [0.1, 0.15) is 36.6 Å². The first-order chi connectivity index (χ1) is 14.3. The molecule has 1 N–H and O–H groups in total. The highest BCUT2D eigenvalue weighted by atomic mass is 16.5. The number of aryl methyl sites for hydroxylation is 1. The molecule has 158 valence electrons. The number of carbonyl (C=O) groups excluding carboxylic acids is 2. The second-order valence-corrected chi connectivity index (χ2v) is 7.56. The van der Waals surface area contributed by atoms with Crippen LogP contribution in [0.2, 0.25) is 0 Å². The number of aliphatic hydroxyl groups excluding tert-OH is 1. The van der Waals surface area contributed by atoms with Crippen LogP contribution < -0.4 is 4.74 Å². The van der Waals surface area contributed by atoms with E-state index in [2.05, 4.69) is 0 Å². The minimum absolute atomic E-state index is 0.0102. The summed E-state index contributed by atoms with van der Waals surface area (Å²) >= 11 is 0. The summed E-state index contributed by atoms with van der Waals surface area (Å²) < 4.78 is 10.8. The van der Waals surface area contributed by atoms with E-state index in [-0.39, 0.29) is 24.0 Å². The number of carbonyl (C=O) groups is 2. The second kappa shape index (κ2) is 9.13. The monoisotopic (exact) mass is 409 g/mol. The van der Waals surface area contributed by atoms with Crippen LogP contribution in [-0.4, -0.2) is 48.1 Å². The second-order valence-electron chi connectivity index (χ2n) is 7.56. The maximum Gasteiger partial charge on any atom is 0.295 e. The summed E-state index contributed by atoms with van der Waals surface area (Å²) in [4.78, 5) is 27.3. The van der Waals surface area contributed by atoms with Gasteiger partial charge < -0.3 is 19.5 Å². The van der Waals surface area contributed by atoms with Crippen molar-refractivity contribution in [2.24, 2.45) is 0 Å². The van der Waals surface area contributed by atoms with Gasteiger partial charge in [-0.3, -0.25) is 9.59 Å². The number of amides is 1. The summed E-state index contributed by atoms with van der Waals surface area (Å²) in [6, 6.07) is 13.7. The van der Waals surface area contributed by atoms with Crippen molar-refractivity contribution in [3.05, 3.63) is 70.8 Å². The molecule has 1 aliphatic heterocycles. The number of nitrogens with zero attached hydrogens (tertiary/aromatic N) is 1. The van der Waals surface area contributed by atoms with Crippen LogP contribution in [0.4, 0.5) is 0 Å². The number of aliphatic hydroxyl groups is 1. The number of ketones is 1. The van der Waals surface area contributed by atoms with Crippen LogP contribution in [0, 0.1) is 6.92 Å². The predicted molar refractivity (Wildman–Crippen MR) is 114 cm³/mol. The highest BCUT2D eigenvalue weighted by Gasteiger charge is 2.45. The topological polar surface area (TPSA) is 76.1 Å². The highest BCUT2D eigenvalue weighted by molar-refractivity contribution is 6.46. The number of ether oxygens (including phenoxy) is 2. The first kappa shape index (κ1) is 21.6. The lowest BCUT2D eigenvalue weighted by molar-refractivity contribution is -0.140. The Morgan fingerprint density at radius 2 is 1.87 bits per heavy atom. The molecule has 1 saturated heterocycles. The van der Waals surface area contributed by atoms with Crippen molar-refractivity contribution < 1.29 is 24.2 Å². The van der Waals surface area contributed by atoms with E-state index in [4.69, 9.17) is 9.47 Å². The van der Waals surface area contributed by atoms with Gasteiger partial charge in [-0.2, -0.15) is 0 Å². The van der Waals surface area contributed by atoms with Crippen LogP contribution in [0.5, 0.6) is 5.75 Å². The molecule has 1 heterocycles. The Balaban J connectivity index is 2.11. The standard InChI is InChI=1S/C24H27NO5/c1-15(2)30-12-11-25-21(17-8-5-7-16(3)13-17)20(23(27)24(25)28)22(26)18-9-6-10-19(14-18)29-4/h5-10,13-15,21,26H,11-12H2,1-4H3/b22-20-. The van der Waals surface area contributed by atoms with Gasteiger partial charge in [-0.05, 0) is 38.5 Å². The molecule has 6 nitrogen and oxygen atoms in total. The van der Waals surface area contributed by atoms with Crippen molar-refractivity contribution in [2.75, 3.05) is 20.3 Å². The van der Waals surface area contributed by atoms with Crippen LogP contribution in [0.3, 0.4) is 0 Å². The van der Waals surface area contributed by atoms with Gasteiger partial charge in [-0.15, -0.1) is 0 Å². The quantitative estimate of drug-likeness (QED) is 0.427. The normalized spacial score (nSPS) is 18.3. The number of hydrogen-bond donors (Lipinski definition) is 1. The molecule has 6 heteroatoms. The number of hydrogen-bond acceptors (Lipinski definition) is 5. The lowest BCUT2D eigenvalue weighted by Gasteiger charge is -2.26. The lowest BCUT2D eigenvalue weighted by Crippen LogP contribution is -2.33. The molecule has 1 aliphatic rings. The van der Waals surface area contributed by atoms with Crippen molar-refractivity contribution in [2.45, 2.75) is 32.9 Å². The lowest BCUT2D eigenvalue weighted by atomic mass is 9.94. The molecule has 2 aromatic carbocycles. The number of methoxy groups -OCH3 is 1. The molecule has 0 aromatic heterocycles. The van der Waals surface area contributed by atoms with Crippen molar-refractivity contribution in [1.82, 2.24) is 4.90 Å².